The van der Waals surface area contributed by atoms with Gasteiger partial charge in [0.2, 0.25) is 0 Å². The van der Waals surface area contributed by atoms with Crippen LogP contribution in [0.15, 0.2) is 48.6 Å². The van der Waals surface area contributed by atoms with Crippen molar-refractivity contribution in [1.29, 1.82) is 0 Å². The summed E-state index contributed by atoms with van der Waals surface area (Å²) in [6, 6.07) is 0. The van der Waals surface area contributed by atoms with Crippen molar-refractivity contribution >= 4 is 0 Å². The quantitative estimate of drug-likeness (QED) is 0.524. The van der Waals surface area contributed by atoms with E-state index in [4.69, 9.17) is 0 Å². The first kappa shape index (κ1) is 10.6. The molecule has 1 heteroatoms. The Hall–Kier alpha value is -0.417. The molecule has 0 unspecified atom stereocenters. The van der Waals surface area contributed by atoms with Crippen LogP contribution < -0.4 is 0 Å². The van der Waals surface area contributed by atoms with Crippen LogP contribution in [0.25, 0.3) is 0 Å². The van der Waals surface area contributed by atoms with Gasteiger partial charge in [-0.3, -0.25) is 0 Å². The molecule has 0 saturated heterocycles. The predicted octanol–water partition coefficient (Wildman–Crippen LogP) is 3.00. The number of hydrogen-bond donors (Lipinski definition) is 0. The zero-order valence-electron chi connectivity index (χ0n) is 6.74. The van der Waals surface area contributed by atoms with E-state index in [-0.39, 0.29) is 19.5 Å². The Kier molecular flexibility index (Phi) is 7.40. The molecule has 2 aliphatic rings. The minimum atomic E-state index is 0. The summed E-state index contributed by atoms with van der Waals surface area (Å²) in [6.07, 6.45) is 19.0. The van der Waals surface area contributed by atoms with Gasteiger partial charge in [-0.1, -0.05) is 48.6 Å². The summed E-state index contributed by atoms with van der Waals surface area (Å²) in [5.74, 6) is 0. The molecule has 54 valence electrons. The molecule has 0 aromatic rings. The van der Waals surface area contributed by atoms with Crippen LogP contribution in [-0.4, -0.2) is 0 Å². The Labute approximate surface area is 81.1 Å². The number of hydrogen-bond acceptors (Lipinski definition) is 0. The van der Waals surface area contributed by atoms with Crippen molar-refractivity contribution in [3.05, 3.63) is 48.6 Å². The number of allylic oxidation sites excluding steroid dienone is 8. The third-order valence-electron chi connectivity index (χ3n) is 1.31. The van der Waals surface area contributed by atoms with Gasteiger partial charge in [-0.2, -0.15) is 0 Å². The van der Waals surface area contributed by atoms with E-state index < -0.39 is 0 Å². The van der Waals surface area contributed by atoms with Gasteiger partial charge in [0.05, 0.1) is 0 Å². The van der Waals surface area contributed by atoms with E-state index in [1.807, 2.05) is 0 Å². The fraction of sp³-hybridized carbons (Fsp3) is 0.200. The van der Waals surface area contributed by atoms with Gasteiger partial charge < -0.3 is 0 Å². The molecule has 0 aromatic carbocycles. The summed E-state index contributed by atoms with van der Waals surface area (Å²) in [5.41, 5.74) is 0. The third kappa shape index (κ3) is 6.00. The Morgan fingerprint density at radius 2 is 0.818 bits per heavy atom. The molecule has 2 rings (SSSR count). The van der Waals surface area contributed by atoms with E-state index in [9.17, 15) is 0 Å². The Bertz CT molecular complexity index is 143. The molecule has 0 heterocycles. The molecule has 0 N–H and O–H groups in total. The maximum absolute atomic E-state index is 2.12. The summed E-state index contributed by atoms with van der Waals surface area (Å²) in [7, 11) is 0. The Balaban J connectivity index is 0.000000167. The van der Waals surface area contributed by atoms with Crippen molar-refractivity contribution in [1.82, 2.24) is 0 Å². The van der Waals surface area contributed by atoms with Crippen molar-refractivity contribution in [3.63, 3.8) is 0 Å². The summed E-state index contributed by atoms with van der Waals surface area (Å²) in [6.45, 7) is 0. The van der Waals surface area contributed by atoms with Crippen LogP contribution in [0.1, 0.15) is 12.8 Å². The largest absolute Gasteiger partial charge is 0.0808 e. The topological polar surface area (TPSA) is 0 Å². The second kappa shape index (κ2) is 7.69. The first-order chi connectivity index (χ1) is 5.00. The van der Waals surface area contributed by atoms with Crippen molar-refractivity contribution in [2.75, 3.05) is 0 Å². The molecule has 0 bridgehead atoms. The van der Waals surface area contributed by atoms with Crippen molar-refractivity contribution in [2.24, 2.45) is 0 Å². The fourth-order valence-electron chi connectivity index (χ4n) is 0.786. The predicted molar refractivity (Wildman–Crippen MR) is 45.8 cm³/mol. The van der Waals surface area contributed by atoms with Gasteiger partial charge in [-0.25, -0.2) is 0 Å². The van der Waals surface area contributed by atoms with E-state index in [1.165, 1.54) is 0 Å². The van der Waals surface area contributed by atoms with Gasteiger partial charge in [0.15, 0.2) is 0 Å². The maximum Gasteiger partial charge on any atom is 0 e. The van der Waals surface area contributed by atoms with Gasteiger partial charge in [-0.05, 0) is 12.8 Å². The summed E-state index contributed by atoms with van der Waals surface area (Å²) in [5, 5.41) is 0. The average molecular weight is 198 g/mol. The van der Waals surface area contributed by atoms with Crippen LogP contribution in [0.4, 0.5) is 0 Å². The van der Waals surface area contributed by atoms with E-state index in [0.717, 1.165) is 12.8 Å². The van der Waals surface area contributed by atoms with Gasteiger partial charge in [0, 0.05) is 19.5 Å². The standard InChI is InChI=1S/2C5H6.Zn/c2*1-2-4-5-3-1;/h2*1-4H,5H2;. The van der Waals surface area contributed by atoms with E-state index in [2.05, 4.69) is 48.6 Å². The molecule has 2 aliphatic carbocycles. The molecule has 0 aromatic heterocycles. The average Bonchev–Trinajstić information content (AvgIpc) is 2.67. The fourth-order valence-corrected chi connectivity index (χ4v) is 0.786. The van der Waals surface area contributed by atoms with Crippen molar-refractivity contribution in [3.8, 4) is 0 Å². The molecule has 0 saturated carbocycles. The van der Waals surface area contributed by atoms with Crippen LogP contribution in [0.2, 0.25) is 0 Å². The zero-order valence-corrected chi connectivity index (χ0v) is 9.71. The molecule has 0 atom stereocenters. The molecular weight excluding hydrogens is 185 g/mol. The maximum atomic E-state index is 2.12. The minimum Gasteiger partial charge on any atom is -0.0808 e. The summed E-state index contributed by atoms with van der Waals surface area (Å²) in [4.78, 5) is 0. The first-order valence-corrected chi connectivity index (χ1v) is 3.63. The van der Waals surface area contributed by atoms with Crippen LogP contribution in [0, 0.1) is 0 Å². The van der Waals surface area contributed by atoms with Gasteiger partial charge in [0.25, 0.3) is 0 Å². The second-order valence-corrected chi connectivity index (χ2v) is 2.18. The van der Waals surface area contributed by atoms with Crippen molar-refractivity contribution in [2.45, 2.75) is 12.8 Å². The molecular formula is C10H12Zn. The van der Waals surface area contributed by atoms with E-state index >= 15 is 0 Å². The smallest absolute Gasteiger partial charge is 0 e. The normalized spacial score (nSPS) is 16.0. The van der Waals surface area contributed by atoms with Crippen LogP contribution in [-0.2, 0) is 19.5 Å². The van der Waals surface area contributed by atoms with Gasteiger partial charge in [-0.15, -0.1) is 0 Å². The summed E-state index contributed by atoms with van der Waals surface area (Å²) >= 11 is 0. The molecule has 11 heavy (non-hydrogen) atoms. The Morgan fingerprint density at radius 1 is 0.545 bits per heavy atom. The van der Waals surface area contributed by atoms with E-state index in [0.29, 0.717) is 0 Å². The van der Waals surface area contributed by atoms with Crippen LogP contribution in [0.5, 0.6) is 0 Å². The Morgan fingerprint density at radius 3 is 0.909 bits per heavy atom. The van der Waals surface area contributed by atoms with Crippen LogP contribution in [0.3, 0.4) is 0 Å². The monoisotopic (exact) mass is 196 g/mol. The van der Waals surface area contributed by atoms with Gasteiger partial charge in [0.1, 0.15) is 0 Å². The SMILES string of the molecule is C1=CCC=C1.C1=CCC=C1.[Zn]. The molecule has 0 radical (unpaired) electrons. The van der Waals surface area contributed by atoms with Gasteiger partial charge >= 0.3 is 0 Å². The minimum absolute atomic E-state index is 0. The second-order valence-electron chi connectivity index (χ2n) is 2.18. The molecule has 0 aliphatic heterocycles. The molecule has 0 amide bonds. The van der Waals surface area contributed by atoms with Crippen molar-refractivity contribution < 1.29 is 19.5 Å². The third-order valence-corrected chi connectivity index (χ3v) is 1.31. The zero-order chi connectivity index (χ0) is 7.07. The van der Waals surface area contributed by atoms with Crippen LogP contribution >= 0.6 is 0 Å². The molecule has 0 spiro atoms. The summed E-state index contributed by atoms with van der Waals surface area (Å²) < 4.78 is 0. The van der Waals surface area contributed by atoms with E-state index in [1.54, 1.807) is 0 Å². The first-order valence-electron chi connectivity index (χ1n) is 3.63. The number of rotatable bonds is 0. The molecule has 0 fully saturated rings. The molecule has 0 nitrogen and oxygen atoms in total.